The molecular formula is C12H18ClNO2. The monoisotopic (exact) mass is 243 g/mol. The molecule has 1 rings (SSSR count). The molecule has 16 heavy (non-hydrogen) atoms. The second-order valence-corrected chi connectivity index (χ2v) is 4.04. The van der Waals surface area contributed by atoms with Gasteiger partial charge in [0, 0.05) is 30.3 Å². The number of phenolic OH excluding ortho intramolecular Hbond substituents is 1. The van der Waals surface area contributed by atoms with E-state index in [9.17, 15) is 5.11 Å². The van der Waals surface area contributed by atoms with Crippen molar-refractivity contribution in [3.8, 4) is 5.75 Å². The van der Waals surface area contributed by atoms with Crippen molar-refractivity contribution in [2.24, 2.45) is 0 Å². The Kier molecular flexibility index (Phi) is 5.60. The van der Waals surface area contributed by atoms with Gasteiger partial charge in [-0.15, -0.1) is 0 Å². The highest BCUT2D eigenvalue weighted by Gasteiger charge is 2.05. The van der Waals surface area contributed by atoms with Gasteiger partial charge < -0.3 is 15.2 Å². The molecule has 1 aromatic carbocycles. The van der Waals surface area contributed by atoms with Crippen molar-refractivity contribution in [2.75, 3.05) is 19.8 Å². The summed E-state index contributed by atoms with van der Waals surface area (Å²) < 4.78 is 5.20. The van der Waals surface area contributed by atoms with E-state index in [0.29, 0.717) is 23.9 Å². The molecule has 0 radical (unpaired) electrons. The fourth-order valence-corrected chi connectivity index (χ4v) is 1.75. The summed E-state index contributed by atoms with van der Waals surface area (Å²) in [6.07, 6.45) is 0. The average Bonchev–Trinajstić information content (AvgIpc) is 2.24. The van der Waals surface area contributed by atoms with E-state index in [0.717, 1.165) is 24.3 Å². The van der Waals surface area contributed by atoms with E-state index in [2.05, 4.69) is 5.32 Å². The number of rotatable bonds is 6. The zero-order valence-electron chi connectivity index (χ0n) is 9.72. The zero-order chi connectivity index (χ0) is 12.0. The molecule has 0 amide bonds. The summed E-state index contributed by atoms with van der Waals surface area (Å²) in [5.74, 6) is 0.313. The standard InChI is InChI=1S/C12H18ClNO2/c1-3-16-5-4-14-8-10-7-11(13)6-9(2)12(10)15/h6-7,14-15H,3-5,8H2,1-2H3. The molecule has 2 N–H and O–H groups in total. The van der Waals surface area contributed by atoms with Crippen LogP contribution in [0.4, 0.5) is 0 Å². The SMILES string of the molecule is CCOCCNCc1cc(Cl)cc(C)c1O. The molecule has 0 heterocycles. The third kappa shape index (κ3) is 4.00. The first kappa shape index (κ1) is 13.3. The molecule has 0 atom stereocenters. The van der Waals surface area contributed by atoms with Gasteiger partial charge in [-0.25, -0.2) is 0 Å². The quantitative estimate of drug-likeness (QED) is 0.755. The highest BCUT2D eigenvalue weighted by Crippen LogP contribution is 2.26. The highest BCUT2D eigenvalue weighted by molar-refractivity contribution is 6.30. The first-order valence-electron chi connectivity index (χ1n) is 5.41. The predicted molar refractivity (Wildman–Crippen MR) is 66.1 cm³/mol. The lowest BCUT2D eigenvalue weighted by Gasteiger charge is -2.09. The van der Waals surface area contributed by atoms with Crippen LogP contribution in [-0.2, 0) is 11.3 Å². The summed E-state index contributed by atoms with van der Waals surface area (Å²) in [4.78, 5) is 0. The van der Waals surface area contributed by atoms with E-state index < -0.39 is 0 Å². The van der Waals surface area contributed by atoms with Crippen molar-refractivity contribution in [1.82, 2.24) is 5.32 Å². The van der Waals surface area contributed by atoms with Crippen molar-refractivity contribution in [2.45, 2.75) is 20.4 Å². The largest absolute Gasteiger partial charge is 0.507 e. The van der Waals surface area contributed by atoms with Gasteiger partial charge in [0.15, 0.2) is 0 Å². The Hall–Kier alpha value is -0.770. The number of benzene rings is 1. The summed E-state index contributed by atoms with van der Waals surface area (Å²) >= 11 is 5.92. The topological polar surface area (TPSA) is 41.5 Å². The molecule has 4 heteroatoms. The molecule has 0 aromatic heterocycles. The first-order valence-corrected chi connectivity index (χ1v) is 5.79. The zero-order valence-corrected chi connectivity index (χ0v) is 10.5. The van der Waals surface area contributed by atoms with Crippen LogP contribution in [0.25, 0.3) is 0 Å². The highest BCUT2D eigenvalue weighted by atomic mass is 35.5. The van der Waals surface area contributed by atoms with Crippen molar-refractivity contribution >= 4 is 11.6 Å². The van der Waals surface area contributed by atoms with Crippen LogP contribution in [0.2, 0.25) is 5.02 Å². The molecule has 3 nitrogen and oxygen atoms in total. The molecule has 0 saturated carbocycles. The third-order valence-corrected chi connectivity index (χ3v) is 2.51. The maximum atomic E-state index is 9.79. The van der Waals surface area contributed by atoms with Gasteiger partial charge >= 0.3 is 0 Å². The molecule has 0 fully saturated rings. The van der Waals surface area contributed by atoms with Crippen LogP contribution in [0.3, 0.4) is 0 Å². The van der Waals surface area contributed by atoms with E-state index >= 15 is 0 Å². The summed E-state index contributed by atoms with van der Waals surface area (Å²) in [5.41, 5.74) is 1.62. The van der Waals surface area contributed by atoms with Crippen LogP contribution >= 0.6 is 11.6 Å². The molecule has 0 spiro atoms. The lowest BCUT2D eigenvalue weighted by Crippen LogP contribution is -2.19. The van der Waals surface area contributed by atoms with E-state index in [4.69, 9.17) is 16.3 Å². The number of hydrogen-bond acceptors (Lipinski definition) is 3. The maximum absolute atomic E-state index is 9.79. The normalized spacial score (nSPS) is 10.7. The number of ether oxygens (including phenoxy) is 1. The molecule has 1 aromatic rings. The Balaban J connectivity index is 2.47. The van der Waals surface area contributed by atoms with Crippen molar-refractivity contribution in [3.05, 3.63) is 28.3 Å². The van der Waals surface area contributed by atoms with Gasteiger partial charge in [0.2, 0.25) is 0 Å². The van der Waals surface area contributed by atoms with E-state index in [1.165, 1.54) is 0 Å². The summed E-state index contributed by atoms with van der Waals surface area (Å²) in [5, 5.41) is 13.6. The molecule has 0 bridgehead atoms. The Bertz CT molecular complexity index is 342. The minimum atomic E-state index is 0.313. The molecule has 0 aliphatic rings. The van der Waals surface area contributed by atoms with Crippen LogP contribution in [-0.4, -0.2) is 24.9 Å². The van der Waals surface area contributed by atoms with Gasteiger partial charge in [-0.05, 0) is 31.5 Å². The van der Waals surface area contributed by atoms with Crippen LogP contribution in [0, 0.1) is 6.92 Å². The fraction of sp³-hybridized carbons (Fsp3) is 0.500. The molecular weight excluding hydrogens is 226 g/mol. The molecule has 0 aliphatic carbocycles. The number of aryl methyl sites for hydroxylation is 1. The molecule has 0 unspecified atom stereocenters. The van der Waals surface area contributed by atoms with Gasteiger partial charge in [0.25, 0.3) is 0 Å². The van der Waals surface area contributed by atoms with E-state index in [1.54, 1.807) is 12.1 Å². The van der Waals surface area contributed by atoms with Crippen LogP contribution in [0.15, 0.2) is 12.1 Å². The fourth-order valence-electron chi connectivity index (χ4n) is 1.45. The van der Waals surface area contributed by atoms with Crippen molar-refractivity contribution in [3.63, 3.8) is 0 Å². The lowest BCUT2D eigenvalue weighted by atomic mass is 10.1. The number of phenols is 1. The number of halogens is 1. The maximum Gasteiger partial charge on any atom is 0.123 e. The average molecular weight is 244 g/mol. The molecule has 0 saturated heterocycles. The second-order valence-electron chi connectivity index (χ2n) is 3.60. The smallest absolute Gasteiger partial charge is 0.123 e. The number of hydrogen-bond donors (Lipinski definition) is 2. The second kappa shape index (κ2) is 6.74. The van der Waals surface area contributed by atoms with Gasteiger partial charge in [-0.2, -0.15) is 0 Å². The van der Waals surface area contributed by atoms with Crippen LogP contribution in [0.1, 0.15) is 18.1 Å². The Morgan fingerprint density at radius 2 is 2.19 bits per heavy atom. The van der Waals surface area contributed by atoms with Crippen LogP contribution < -0.4 is 5.32 Å². The molecule has 90 valence electrons. The predicted octanol–water partition coefficient (Wildman–Crippen LogP) is 2.48. The lowest BCUT2D eigenvalue weighted by molar-refractivity contribution is 0.149. The minimum Gasteiger partial charge on any atom is -0.507 e. The molecule has 0 aliphatic heterocycles. The van der Waals surface area contributed by atoms with Gasteiger partial charge in [-0.3, -0.25) is 0 Å². The third-order valence-electron chi connectivity index (χ3n) is 2.29. The summed E-state index contributed by atoms with van der Waals surface area (Å²) in [7, 11) is 0. The summed E-state index contributed by atoms with van der Waals surface area (Å²) in [6.45, 7) is 6.57. The van der Waals surface area contributed by atoms with Gasteiger partial charge in [0.1, 0.15) is 5.75 Å². The number of nitrogens with one attached hydrogen (secondary N) is 1. The van der Waals surface area contributed by atoms with Gasteiger partial charge in [-0.1, -0.05) is 11.6 Å². The summed E-state index contributed by atoms with van der Waals surface area (Å²) in [6, 6.07) is 3.53. The van der Waals surface area contributed by atoms with E-state index in [1.807, 2.05) is 13.8 Å². The number of aromatic hydroxyl groups is 1. The van der Waals surface area contributed by atoms with E-state index in [-0.39, 0.29) is 0 Å². The Morgan fingerprint density at radius 1 is 1.44 bits per heavy atom. The Labute approximate surface area is 101 Å². The first-order chi connectivity index (χ1) is 7.65. The van der Waals surface area contributed by atoms with Crippen LogP contribution in [0.5, 0.6) is 5.75 Å². The van der Waals surface area contributed by atoms with Crippen molar-refractivity contribution < 1.29 is 9.84 Å². The van der Waals surface area contributed by atoms with Crippen molar-refractivity contribution in [1.29, 1.82) is 0 Å². The minimum absolute atomic E-state index is 0.313. The van der Waals surface area contributed by atoms with Gasteiger partial charge in [0.05, 0.1) is 6.61 Å². The Morgan fingerprint density at radius 3 is 2.88 bits per heavy atom.